The molecule has 142 valence electrons. The van der Waals surface area contributed by atoms with E-state index in [1.807, 2.05) is 0 Å². The van der Waals surface area contributed by atoms with Crippen LogP contribution in [0, 0.1) is 5.92 Å². The number of carboxylic acids is 1. The fourth-order valence-corrected chi connectivity index (χ4v) is 4.86. The van der Waals surface area contributed by atoms with Crippen molar-refractivity contribution in [3.8, 4) is 0 Å². The van der Waals surface area contributed by atoms with Gasteiger partial charge in [0.2, 0.25) is 0 Å². The van der Waals surface area contributed by atoms with Crippen LogP contribution in [0.5, 0.6) is 0 Å². The number of carbonyl (C=O) groups is 2. The highest BCUT2D eigenvalue weighted by molar-refractivity contribution is 5.75. The zero-order valence-corrected chi connectivity index (χ0v) is 15.3. The normalized spacial score (nSPS) is 25.5. The van der Waals surface area contributed by atoms with Gasteiger partial charge in [-0.1, -0.05) is 25.7 Å². The molecule has 2 amide bonds. The van der Waals surface area contributed by atoms with Crippen molar-refractivity contribution >= 4 is 12.0 Å². The lowest BCUT2D eigenvalue weighted by molar-refractivity contribution is -0.143. The van der Waals surface area contributed by atoms with Crippen LogP contribution < -0.4 is 5.32 Å². The lowest BCUT2D eigenvalue weighted by Gasteiger charge is -2.48. The molecule has 1 aliphatic carbocycles. The van der Waals surface area contributed by atoms with Crippen LogP contribution in [0.1, 0.15) is 64.2 Å². The Balaban J connectivity index is 1.54. The summed E-state index contributed by atoms with van der Waals surface area (Å²) in [6.07, 6.45) is 11.2. The van der Waals surface area contributed by atoms with Gasteiger partial charge >= 0.3 is 12.0 Å². The van der Waals surface area contributed by atoms with Crippen molar-refractivity contribution in [2.75, 3.05) is 32.7 Å². The first-order valence-electron chi connectivity index (χ1n) is 10.1. The van der Waals surface area contributed by atoms with Gasteiger partial charge in [0.1, 0.15) is 0 Å². The SMILES string of the molecule is O=C(O)C1CCN(C(=O)NCC2(N3CCCCC3)CCCCC2)CC1. The molecule has 6 heteroatoms. The van der Waals surface area contributed by atoms with Crippen molar-refractivity contribution in [1.82, 2.24) is 15.1 Å². The lowest BCUT2D eigenvalue weighted by Crippen LogP contribution is -2.59. The van der Waals surface area contributed by atoms with Crippen LogP contribution in [0.25, 0.3) is 0 Å². The number of nitrogens with one attached hydrogen (secondary N) is 1. The van der Waals surface area contributed by atoms with E-state index in [1.165, 1.54) is 64.5 Å². The Morgan fingerprint density at radius 1 is 0.920 bits per heavy atom. The molecule has 6 nitrogen and oxygen atoms in total. The summed E-state index contributed by atoms with van der Waals surface area (Å²) in [6, 6.07) is -0.00852. The van der Waals surface area contributed by atoms with E-state index in [0.29, 0.717) is 25.9 Å². The van der Waals surface area contributed by atoms with Crippen molar-refractivity contribution in [1.29, 1.82) is 0 Å². The van der Waals surface area contributed by atoms with Crippen LogP contribution in [0.4, 0.5) is 4.79 Å². The fourth-order valence-electron chi connectivity index (χ4n) is 4.86. The summed E-state index contributed by atoms with van der Waals surface area (Å²) in [5, 5.41) is 12.3. The molecule has 3 rings (SSSR count). The third-order valence-corrected chi connectivity index (χ3v) is 6.51. The predicted octanol–water partition coefficient (Wildman–Crippen LogP) is 2.68. The van der Waals surface area contributed by atoms with E-state index in [9.17, 15) is 9.59 Å². The second-order valence-electron chi connectivity index (χ2n) is 8.09. The maximum absolute atomic E-state index is 12.6. The second kappa shape index (κ2) is 8.39. The largest absolute Gasteiger partial charge is 0.481 e. The highest BCUT2D eigenvalue weighted by Crippen LogP contribution is 2.35. The molecule has 2 N–H and O–H groups in total. The summed E-state index contributed by atoms with van der Waals surface area (Å²) >= 11 is 0. The molecule has 2 aliphatic heterocycles. The zero-order valence-electron chi connectivity index (χ0n) is 15.3. The van der Waals surface area contributed by atoms with Crippen LogP contribution in [-0.4, -0.2) is 65.2 Å². The number of amides is 2. The average molecular weight is 351 g/mol. The Morgan fingerprint density at radius 3 is 2.12 bits per heavy atom. The van der Waals surface area contributed by atoms with Gasteiger partial charge in [0.15, 0.2) is 0 Å². The molecule has 0 bridgehead atoms. The van der Waals surface area contributed by atoms with Gasteiger partial charge in [0.25, 0.3) is 0 Å². The molecule has 3 fully saturated rings. The molecular weight excluding hydrogens is 318 g/mol. The molecule has 0 aromatic carbocycles. The van der Waals surface area contributed by atoms with Crippen molar-refractivity contribution < 1.29 is 14.7 Å². The van der Waals surface area contributed by atoms with Crippen LogP contribution in [0.2, 0.25) is 0 Å². The Labute approximate surface area is 150 Å². The molecule has 3 aliphatic rings. The molecule has 0 aromatic rings. The number of aliphatic carboxylic acids is 1. The maximum Gasteiger partial charge on any atom is 0.317 e. The highest BCUT2D eigenvalue weighted by atomic mass is 16.4. The fraction of sp³-hybridized carbons (Fsp3) is 0.895. The van der Waals surface area contributed by atoms with E-state index < -0.39 is 5.97 Å². The number of carboxylic acid groups (broad SMARTS) is 1. The van der Waals surface area contributed by atoms with Gasteiger partial charge in [-0.3, -0.25) is 9.69 Å². The topological polar surface area (TPSA) is 72.9 Å². The van der Waals surface area contributed by atoms with E-state index >= 15 is 0 Å². The minimum Gasteiger partial charge on any atom is -0.481 e. The summed E-state index contributed by atoms with van der Waals surface area (Å²) in [5.41, 5.74) is 0.147. The number of hydrogen-bond acceptors (Lipinski definition) is 3. The minimum absolute atomic E-state index is 0.00852. The maximum atomic E-state index is 12.6. The molecule has 2 heterocycles. The van der Waals surface area contributed by atoms with Gasteiger partial charge in [-0.05, 0) is 51.6 Å². The molecule has 0 radical (unpaired) electrons. The zero-order chi connectivity index (χ0) is 17.7. The molecular formula is C19H33N3O3. The Bertz CT molecular complexity index is 463. The van der Waals surface area contributed by atoms with Crippen LogP contribution in [0.3, 0.4) is 0 Å². The van der Waals surface area contributed by atoms with Gasteiger partial charge in [0, 0.05) is 25.2 Å². The lowest BCUT2D eigenvalue weighted by atomic mass is 9.79. The van der Waals surface area contributed by atoms with Crippen LogP contribution in [0.15, 0.2) is 0 Å². The summed E-state index contributed by atoms with van der Waals surface area (Å²) < 4.78 is 0. The monoisotopic (exact) mass is 351 g/mol. The number of hydrogen-bond donors (Lipinski definition) is 2. The Kier molecular flexibility index (Phi) is 6.20. The average Bonchev–Trinajstić information content (AvgIpc) is 2.67. The summed E-state index contributed by atoms with van der Waals surface area (Å²) in [7, 11) is 0. The van der Waals surface area contributed by atoms with E-state index in [2.05, 4.69) is 10.2 Å². The first kappa shape index (κ1) is 18.5. The summed E-state index contributed by atoms with van der Waals surface area (Å²) in [4.78, 5) is 28.1. The van der Waals surface area contributed by atoms with Gasteiger partial charge in [-0.25, -0.2) is 4.79 Å². The number of nitrogens with zero attached hydrogens (tertiary/aromatic N) is 2. The number of piperidine rings is 2. The molecule has 0 atom stereocenters. The van der Waals surface area contributed by atoms with E-state index in [0.717, 1.165) is 6.54 Å². The number of rotatable bonds is 4. The molecule has 0 aromatic heterocycles. The standard InChI is InChI=1S/C19H33N3O3/c23-17(24)16-7-13-21(14-8-16)18(25)20-15-19(9-3-1-4-10-19)22-11-5-2-6-12-22/h16H,1-15H2,(H,20,25)(H,23,24). The summed E-state index contributed by atoms with van der Waals surface area (Å²) in [5.74, 6) is -1.02. The summed E-state index contributed by atoms with van der Waals surface area (Å²) in [6.45, 7) is 4.18. The van der Waals surface area contributed by atoms with Crippen molar-refractivity contribution in [2.24, 2.45) is 5.92 Å². The molecule has 2 saturated heterocycles. The van der Waals surface area contributed by atoms with Crippen molar-refractivity contribution in [3.63, 3.8) is 0 Å². The smallest absolute Gasteiger partial charge is 0.317 e. The first-order chi connectivity index (χ1) is 12.1. The molecule has 1 saturated carbocycles. The van der Waals surface area contributed by atoms with Gasteiger partial charge in [0.05, 0.1) is 5.92 Å². The first-order valence-corrected chi connectivity index (χ1v) is 10.1. The number of likely N-dealkylation sites (tertiary alicyclic amines) is 2. The molecule has 0 spiro atoms. The Hall–Kier alpha value is -1.30. The van der Waals surface area contributed by atoms with Gasteiger partial charge in [-0.2, -0.15) is 0 Å². The molecule has 25 heavy (non-hydrogen) atoms. The third kappa shape index (κ3) is 4.46. The van der Waals surface area contributed by atoms with Crippen LogP contribution >= 0.6 is 0 Å². The third-order valence-electron chi connectivity index (χ3n) is 6.51. The van der Waals surface area contributed by atoms with E-state index in [4.69, 9.17) is 5.11 Å². The number of carbonyl (C=O) groups excluding carboxylic acids is 1. The quantitative estimate of drug-likeness (QED) is 0.817. The predicted molar refractivity (Wildman–Crippen MR) is 96.6 cm³/mol. The van der Waals surface area contributed by atoms with Gasteiger partial charge < -0.3 is 15.3 Å². The number of urea groups is 1. The van der Waals surface area contributed by atoms with Crippen molar-refractivity contribution in [2.45, 2.75) is 69.7 Å². The minimum atomic E-state index is -0.730. The van der Waals surface area contributed by atoms with Crippen molar-refractivity contribution in [3.05, 3.63) is 0 Å². The Morgan fingerprint density at radius 2 is 1.52 bits per heavy atom. The van der Waals surface area contributed by atoms with E-state index in [1.54, 1.807) is 4.90 Å². The second-order valence-corrected chi connectivity index (χ2v) is 8.09. The van der Waals surface area contributed by atoms with Gasteiger partial charge in [-0.15, -0.1) is 0 Å². The highest BCUT2D eigenvalue weighted by Gasteiger charge is 2.39. The van der Waals surface area contributed by atoms with Crippen LogP contribution in [-0.2, 0) is 4.79 Å². The van der Waals surface area contributed by atoms with E-state index in [-0.39, 0.29) is 17.5 Å². The molecule has 0 unspecified atom stereocenters.